The normalized spacial score (nSPS) is 10.0. The average molecular weight is 188 g/mol. The lowest BCUT2D eigenvalue weighted by Crippen LogP contribution is -1.97. The number of benzene rings is 1. The second-order valence-electron chi connectivity index (χ2n) is 2.81. The van der Waals surface area contributed by atoms with Crippen LogP contribution in [0.15, 0.2) is 40.9 Å². The van der Waals surface area contributed by atoms with Gasteiger partial charge in [-0.2, -0.15) is 0 Å². The Morgan fingerprint density at radius 2 is 1.79 bits per heavy atom. The highest BCUT2D eigenvalue weighted by Crippen LogP contribution is 2.18. The van der Waals surface area contributed by atoms with Gasteiger partial charge in [0.25, 0.3) is 0 Å². The molecule has 70 valence electrons. The quantitative estimate of drug-likeness (QED) is 0.712. The lowest BCUT2D eigenvalue weighted by molar-refractivity contribution is 0.357. The van der Waals surface area contributed by atoms with Crippen LogP contribution in [-0.4, -0.2) is 10.3 Å². The number of aromatic nitrogens is 1. The van der Waals surface area contributed by atoms with Gasteiger partial charge in [-0.05, 0) is 30.3 Å². The molecule has 0 amide bonds. The van der Waals surface area contributed by atoms with Gasteiger partial charge in [0.1, 0.15) is 11.4 Å². The Morgan fingerprint density at radius 3 is 2.36 bits per heavy atom. The molecule has 0 aliphatic carbocycles. The predicted octanol–water partition coefficient (Wildman–Crippen LogP) is 1.53. The molecule has 4 nitrogen and oxygen atoms in total. The van der Waals surface area contributed by atoms with Crippen molar-refractivity contribution in [2.75, 3.05) is 0 Å². The Kier molecular flexibility index (Phi) is 2.02. The topological polar surface area (TPSA) is 70.1 Å². The van der Waals surface area contributed by atoms with Crippen LogP contribution in [0.25, 0.3) is 11.3 Å². The van der Waals surface area contributed by atoms with E-state index in [1.54, 1.807) is 30.3 Å². The van der Waals surface area contributed by atoms with Crippen molar-refractivity contribution >= 4 is 0 Å². The molecule has 2 aromatic rings. The predicted molar refractivity (Wildman–Crippen MR) is 49.5 cm³/mol. The van der Waals surface area contributed by atoms with E-state index in [2.05, 4.69) is 5.16 Å². The second-order valence-corrected chi connectivity index (χ2v) is 2.81. The molecule has 1 heterocycles. The minimum absolute atomic E-state index is 0.0209. The average Bonchev–Trinajstić information content (AvgIpc) is 2.21. The molecule has 1 aromatic heterocycles. The van der Waals surface area contributed by atoms with E-state index in [0.29, 0.717) is 5.69 Å². The maximum Gasteiger partial charge on any atom is 0.241 e. The Hall–Kier alpha value is -2.10. The fraction of sp³-hybridized carbons (Fsp3) is 0. The zero-order valence-electron chi connectivity index (χ0n) is 7.27. The molecule has 14 heavy (non-hydrogen) atoms. The molecule has 0 aliphatic rings. The zero-order chi connectivity index (χ0) is 9.97. The summed E-state index contributed by atoms with van der Waals surface area (Å²) < 4.78 is 4.70. The van der Waals surface area contributed by atoms with E-state index >= 15 is 0 Å². The Bertz CT molecular complexity index is 468. The van der Waals surface area contributed by atoms with Crippen molar-refractivity contribution in [1.29, 1.82) is 5.41 Å². The number of nitrogens with one attached hydrogen (secondary N) is 1. The third kappa shape index (κ3) is 1.64. The molecule has 2 N–H and O–H groups in total. The number of rotatable bonds is 1. The van der Waals surface area contributed by atoms with Crippen LogP contribution in [0.5, 0.6) is 5.75 Å². The first-order chi connectivity index (χ1) is 6.75. The van der Waals surface area contributed by atoms with Gasteiger partial charge in [-0.15, -0.1) is 0 Å². The van der Waals surface area contributed by atoms with Gasteiger partial charge in [0.2, 0.25) is 5.55 Å². The molecule has 0 aliphatic heterocycles. The highest BCUT2D eigenvalue weighted by molar-refractivity contribution is 5.58. The third-order valence-corrected chi connectivity index (χ3v) is 1.80. The lowest BCUT2D eigenvalue weighted by atomic mass is 10.1. The molecular formula is C10H8N2O2. The van der Waals surface area contributed by atoms with Crippen molar-refractivity contribution < 1.29 is 9.63 Å². The molecule has 0 fully saturated rings. The van der Waals surface area contributed by atoms with Crippen LogP contribution in [0.3, 0.4) is 0 Å². The third-order valence-electron chi connectivity index (χ3n) is 1.80. The van der Waals surface area contributed by atoms with Crippen LogP contribution < -0.4 is 5.55 Å². The lowest BCUT2D eigenvalue weighted by Gasteiger charge is -1.98. The first-order valence-electron chi connectivity index (χ1n) is 4.07. The van der Waals surface area contributed by atoms with Crippen molar-refractivity contribution in [2.45, 2.75) is 0 Å². The molecule has 4 heteroatoms. The zero-order valence-corrected chi connectivity index (χ0v) is 7.27. The van der Waals surface area contributed by atoms with Crippen LogP contribution in [0.2, 0.25) is 0 Å². The fourth-order valence-corrected chi connectivity index (χ4v) is 1.09. The molecule has 0 bridgehead atoms. The van der Waals surface area contributed by atoms with Crippen molar-refractivity contribution in [3.05, 3.63) is 42.0 Å². The number of phenols is 1. The number of nitrogens with zero attached hydrogens (tertiary/aromatic N) is 1. The monoisotopic (exact) mass is 188 g/mol. The largest absolute Gasteiger partial charge is 0.508 e. The maximum absolute atomic E-state index is 9.07. The van der Waals surface area contributed by atoms with Gasteiger partial charge in [0.15, 0.2) is 0 Å². The van der Waals surface area contributed by atoms with E-state index in [1.165, 1.54) is 6.07 Å². The number of phenolic OH excluding ortho intramolecular Hbond substituents is 1. The number of hydrogen-bond acceptors (Lipinski definition) is 4. The van der Waals surface area contributed by atoms with Crippen molar-refractivity contribution in [2.24, 2.45) is 0 Å². The second kappa shape index (κ2) is 3.33. The molecule has 0 unspecified atom stereocenters. The Balaban J connectivity index is 2.44. The summed E-state index contributed by atoms with van der Waals surface area (Å²) in [7, 11) is 0. The van der Waals surface area contributed by atoms with E-state index in [-0.39, 0.29) is 11.3 Å². The van der Waals surface area contributed by atoms with Gasteiger partial charge in [0, 0.05) is 11.6 Å². The standard InChI is InChI=1S/C10H8N2O2/c11-10-6-5-9(12-14-10)7-1-3-8(13)4-2-7/h1-6,11,13H. The molecule has 0 saturated carbocycles. The highest BCUT2D eigenvalue weighted by atomic mass is 16.5. The van der Waals surface area contributed by atoms with Gasteiger partial charge >= 0.3 is 0 Å². The molecule has 2 rings (SSSR count). The van der Waals surface area contributed by atoms with Crippen LogP contribution in [0, 0.1) is 5.41 Å². The summed E-state index contributed by atoms with van der Waals surface area (Å²) in [5, 5.41) is 19.9. The van der Waals surface area contributed by atoms with Crippen LogP contribution in [0.4, 0.5) is 0 Å². The SMILES string of the molecule is N=c1ccc(-c2ccc(O)cc2)no1. The van der Waals surface area contributed by atoms with E-state index in [0.717, 1.165) is 5.56 Å². The summed E-state index contributed by atoms with van der Waals surface area (Å²) >= 11 is 0. The highest BCUT2D eigenvalue weighted by Gasteiger charge is 1.99. The van der Waals surface area contributed by atoms with Gasteiger partial charge in [-0.1, -0.05) is 5.16 Å². The summed E-state index contributed by atoms with van der Waals surface area (Å²) in [5.41, 5.74) is 1.50. The summed E-state index contributed by atoms with van der Waals surface area (Å²) in [6.45, 7) is 0. The van der Waals surface area contributed by atoms with Crippen LogP contribution in [0.1, 0.15) is 0 Å². The minimum atomic E-state index is 0.0209. The maximum atomic E-state index is 9.07. The van der Waals surface area contributed by atoms with Crippen molar-refractivity contribution in [3.63, 3.8) is 0 Å². The summed E-state index contributed by atoms with van der Waals surface area (Å²) in [6, 6.07) is 9.83. The first-order valence-corrected chi connectivity index (χ1v) is 4.07. The molecule has 0 radical (unpaired) electrons. The Labute approximate surface area is 79.9 Å². The van der Waals surface area contributed by atoms with Gasteiger partial charge in [-0.25, -0.2) is 0 Å². The summed E-state index contributed by atoms with van der Waals surface area (Å²) in [6.07, 6.45) is 0. The van der Waals surface area contributed by atoms with Gasteiger partial charge in [-0.3, -0.25) is 5.41 Å². The van der Waals surface area contributed by atoms with E-state index in [4.69, 9.17) is 15.0 Å². The molecule has 0 atom stereocenters. The van der Waals surface area contributed by atoms with Crippen LogP contribution >= 0.6 is 0 Å². The van der Waals surface area contributed by atoms with Crippen LogP contribution in [-0.2, 0) is 0 Å². The summed E-state index contributed by atoms with van der Waals surface area (Å²) in [4.78, 5) is 0. The van der Waals surface area contributed by atoms with E-state index < -0.39 is 0 Å². The Morgan fingerprint density at radius 1 is 1.07 bits per heavy atom. The number of hydrogen-bond donors (Lipinski definition) is 2. The van der Waals surface area contributed by atoms with Crippen molar-refractivity contribution in [1.82, 2.24) is 5.16 Å². The van der Waals surface area contributed by atoms with Gasteiger partial charge < -0.3 is 9.63 Å². The first kappa shape index (κ1) is 8.50. The minimum Gasteiger partial charge on any atom is -0.508 e. The molecule has 0 spiro atoms. The van der Waals surface area contributed by atoms with Gasteiger partial charge in [0.05, 0.1) is 0 Å². The molecular weight excluding hydrogens is 180 g/mol. The molecule has 0 saturated heterocycles. The number of aromatic hydroxyl groups is 1. The van der Waals surface area contributed by atoms with E-state index in [9.17, 15) is 0 Å². The van der Waals surface area contributed by atoms with E-state index in [1.807, 2.05) is 0 Å². The van der Waals surface area contributed by atoms with Crippen molar-refractivity contribution in [3.8, 4) is 17.0 Å². The summed E-state index contributed by atoms with van der Waals surface area (Å²) in [5.74, 6) is 0.211. The molecule has 1 aromatic carbocycles. The smallest absolute Gasteiger partial charge is 0.241 e. The fourth-order valence-electron chi connectivity index (χ4n) is 1.09.